The van der Waals surface area contributed by atoms with Crippen LogP contribution in [-0.4, -0.2) is 46.5 Å². The molecule has 0 aromatic heterocycles. The van der Waals surface area contributed by atoms with Crippen molar-refractivity contribution in [2.75, 3.05) is 0 Å². The molecule has 0 heterocycles. The number of rotatable bonds is 5. The van der Waals surface area contributed by atoms with E-state index in [1.54, 1.807) is 13.8 Å². The van der Waals surface area contributed by atoms with Crippen LogP contribution < -0.4 is 4.74 Å². The molecule has 13 heteroatoms. The zero-order valence-corrected chi connectivity index (χ0v) is 16.1. The van der Waals surface area contributed by atoms with Gasteiger partial charge >= 0.3 is 29.6 Å². The fourth-order valence-corrected chi connectivity index (χ4v) is 3.25. The summed E-state index contributed by atoms with van der Waals surface area (Å²) in [5.41, 5.74) is -10.1. The predicted molar refractivity (Wildman–Crippen MR) is 85.0 cm³/mol. The van der Waals surface area contributed by atoms with E-state index in [9.17, 15) is 53.4 Å². The lowest BCUT2D eigenvalue weighted by Gasteiger charge is -2.53. The van der Waals surface area contributed by atoms with Crippen LogP contribution in [0.25, 0.3) is 0 Å². The lowest BCUT2D eigenvalue weighted by molar-refractivity contribution is -0.488. The molecule has 0 aliphatic heterocycles. The van der Waals surface area contributed by atoms with Crippen molar-refractivity contribution in [2.24, 2.45) is 0 Å². The van der Waals surface area contributed by atoms with Gasteiger partial charge in [0.1, 0.15) is 5.75 Å². The van der Waals surface area contributed by atoms with Crippen LogP contribution in [0.3, 0.4) is 0 Å². The third-order valence-corrected chi connectivity index (χ3v) is 5.01. The molecule has 1 saturated carbocycles. The molecular formula is C18H17F11O2. The van der Waals surface area contributed by atoms with Crippen molar-refractivity contribution < 1.29 is 58.1 Å². The molecule has 0 saturated heterocycles. The Morgan fingerprint density at radius 1 is 0.742 bits per heavy atom. The second-order valence-electron chi connectivity index (χ2n) is 7.81. The van der Waals surface area contributed by atoms with E-state index in [0.29, 0.717) is 6.92 Å². The van der Waals surface area contributed by atoms with Gasteiger partial charge in [0.25, 0.3) is 5.67 Å². The van der Waals surface area contributed by atoms with Crippen molar-refractivity contribution in [3.8, 4) is 5.75 Å². The number of aliphatic hydroxyl groups is 1. The fourth-order valence-electron chi connectivity index (χ4n) is 3.25. The molecule has 1 N–H and O–H groups in total. The number of benzene rings is 1. The highest BCUT2D eigenvalue weighted by atomic mass is 19.4. The number of hydrogen-bond acceptors (Lipinski definition) is 2. The first-order valence-electron chi connectivity index (χ1n) is 8.68. The van der Waals surface area contributed by atoms with Crippen LogP contribution in [0, 0.1) is 0 Å². The van der Waals surface area contributed by atoms with Gasteiger partial charge in [0.05, 0.1) is 11.7 Å². The summed E-state index contributed by atoms with van der Waals surface area (Å²) >= 11 is 0. The van der Waals surface area contributed by atoms with Gasteiger partial charge in [0.15, 0.2) is 0 Å². The van der Waals surface area contributed by atoms with Crippen molar-refractivity contribution in [1.82, 2.24) is 0 Å². The van der Waals surface area contributed by atoms with E-state index in [-0.39, 0.29) is 11.9 Å². The predicted octanol–water partition coefficient (Wildman–Crippen LogP) is 5.97. The largest absolute Gasteiger partial charge is 0.491 e. The van der Waals surface area contributed by atoms with Crippen LogP contribution in [0.4, 0.5) is 48.3 Å². The van der Waals surface area contributed by atoms with Gasteiger partial charge in [-0.05, 0) is 38.5 Å². The van der Waals surface area contributed by atoms with E-state index in [0.717, 1.165) is 24.3 Å². The van der Waals surface area contributed by atoms with E-state index in [2.05, 4.69) is 0 Å². The van der Waals surface area contributed by atoms with Crippen LogP contribution in [0.1, 0.15) is 32.8 Å². The summed E-state index contributed by atoms with van der Waals surface area (Å²) < 4.78 is 157. The standard InChI is InChI=1S/C18H17F11O2/c1-9(2)31-11-6-4-10(5-7-11)12(3,30)8-13(19)14(20,21)16(24,25)18(28,29)17(26,27)15(13,22)23/h4-7,9,30H,8H2,1-3H3. The van der Waals surface area contributed by atoms with Crippen molar-refractivity contribution in [3.63, 3.8) is 0 Å². The topological polar surface area (TPSA) is 29.5 Å². The van der Waals surface area contributed by atoms with Gasteiger partial charge in [0.2, 0.25) is 0 Å². The van der Waals surface area contributed by atoms with Crippen molar-refractivity contribution in [3.05, 3.63) is 29.8 Å². The Morgan fingerprint density at radius 3 is 1.45 bits per heavy atom. The SMILES string of the molecule is CC(C)Oc1ccc(C(C)(O)CC2(F)C(F)(F)C(F)(F)C(F)(F)C(F)(F)C2(F)F)cc1. The molecule has 1 aromatic rings. The number of halogens is 11. The molecule has 0 spiro atoms. The molecule has 1 fully saturated rings. The first-order chi connectivity index (χ1) is 13.6. The first kappa shape index (κ1) is 25.5. The van der Waals surface area contributed by atoms with Gasteiger partial charge in [-0.25, -0.2) is 4.39 Å². The van der Waals surface area contributed by atoms with E-state index in [1.807, 2.05) is 0 Å². The quantitative estimate of drug-likeness (QED) is 0.533. The third kappa shape index (κ3) is 3.17. The number of ether oxygens (including phenoxy) is 1. The van der Waals surface area contributed by atoms with Crippen LogP contribution in [0.2, 0.25) is 0 Å². The maximum absolute atomic E-state index is 14.9. The Kier molecular flexibility index (Phi) is 5.63. The monoisotopic (exact) mass is 474 g/mol. The van der Waals surface area contributed by atoms with E-state index < -0.39 is 52.9 Å². The fraction of sp³-hybridized carbons (Fsp3) is 0.667. The highest BCUT2D eigenvalue weighted by Crippen LogP contribution is 2.71. The highest BCUT2D eigenvalue weighted by Gasteiger charge is 3.01. The lowest BCUT2D eigenvalue weighted by atomic mass is 9.67. The molecule has 1 aliphatic rings. The van der Waals surface area contributed by atoms with Crippen LogP contribution >= 0.6 is 0 Å². The average Bonchev–Trinajstić information content (AvgIpc) is 2.59. The Bertz CT molecular complexity index is 786. The van der Waals surface area contributed by atoms with Gasteiger partial charge in [-0.2, -0.15) is 43.9 Å². The molecule has 0 bridgehead atoms. The van der Waals surface area contributed by atoms with Gasteiger partial charge in [-0.1, -0.05) is 12.1 Å². The average molecular weight is 474 g/mol. The van der Waals surface area contributed by atoms with Crippen molar-refractivity contribution in [2.45, 2.75) is 74.2 Å². The van der Waals surface area contributed by atoms with Crippen LogP contribution in [0.5, 0.6) is 5.75 Å². The molecule has 1 unspecified atom stereocenters. The molecule has 1 atom stereocenters. The molecule has 0 radical (unpaired) electrons. The normalized spacial score (nSPS) is 26.8. The minimum Gasteiger partial charge on any atom is -0.491 e. The van der Waals surface area contributed by atoms with Crippen LogP contribution in [0.15, 0.2) is 24.3 Å². The summed E-state index contributed by atoms with van der Waals surface area (Å²) in [6.45, 7) is 3.63. The molecule has 178 valence electrons. The van der Waals surface area contributed by atoms with Gasteiger partial charge in [-0.15, -0.1) is 0 Å². The first-order valence-corrected chi connectivity index (χ1v) is 8.68. The van der Waals surface area contributed by atoms with Gasteiger partial charge in [-0.3, -0.25) is 0 Å². The molecule has 1 aromatic carbocycles. The summed E-state index contributed by atoms with van der Waals surface area (Å²) in [6, 6.07) is 3.85. The second kappa shape index (κ2) is 6.85. The maximum Gasteiger partial charge on any atom is 0.384 e. The Morgan fingerprint density at radius 2 is 1.10 bits per heavy atom. The molecular weight excluding hydrogens is 457 g/mol. The van der Waals surface area contributed by atoms with E-state index in [1.165, 1.54) is 0 Å². The molecule has 31 heavy (non-hydrogen) atoms. The highest BCUT2D eigenvalue weighted by molar-refractivity contribution is 5.33. The van der Waals surface area contributed by atoms with Gasteiger partial charge < -0.3 is 9.84 Å². The van der Waals surface area contributed by atoms with Crippen LogP contribution in [-0.2, 0) is 5.60 Å². The smallest absolute Gasteiger partial charge is 0.384 e. The van der Waals surface area contributed by atoms with Crippen molar-refractivity contribution in [1.29, 1.82) is 0 Å². The Labute approximate surface area is 169 Å². The maximum atomic E-state index is 14.9. The minimum atomic E-state index is -7.29. The molecule has 0 amide bonds. The summed E-state index contributed by atoms with van der Waals surface area (Å²) in [5.74, 6) is -35.5. The van der Waals surface area contributed by atoms with E-state index in [4.69, 9.17) is 4.74 Å². The van der Waals surface area contributed by atoms with Crippen molar-refractivity contribution >= 4 is 0 Å². The molecule has 2 nitrogen and oxygen atoms in total. The number of hydrogen-bond donors (Lipinski definition) is 1. The number of alkyl halides is 11. The summed E-state index contributed by atoms with van der Waals surface area (Å²) in [7, 11) is 0. The zero-order chi connectivity index (χ0) is 24.5. The Hall–Kier alpha value is -1.79. The Balaban J connectivity index is 2.59. The summed E-state index contributed by atoms with van der Waals surface area (Å²) in [6.07, 6.45) is -3.11. The zero-order valence-electron chi connectivity index (χ0n) is 16.1. The van der Waals surface area contributed by atoms with Gasteiger partial charge in [0, 0.05) is 6.42 Å². The molecule has 1 aliphatic carbocycles. The molecule has 2 rings (SSSR count). The minimum absolute atomic E-state index is 0.121. The summed E-state index contributed by atoms with van der Waals surface area (Å²) in [5, 5.41) is 10.3. The third-order valence-electron chi connectivity index (χ3n) is 5.01. The lowest BCUT2D eigenvalue weighted by Crippen LogP contribution is -2.84. The second-order valence-corrected chi connectivity index (χ2v) is 7.81. The van der Waals surface area contributed by atoms with E-state index >= 15 is 0 Å². The summed E-state index contributed by atoms with van der Waals surface area (Å²) in [4.78, 5) is 0.